The molecule has 1 heterocycles. The van der Waals surface area contributed by atoms with Crippen molar-refractivity contribution in [2.45, 2.75) is 13.3 Å². The van der Waals surface area contributed by atoms with Crippen LogP contribution in [0, 0.1) is 5.82 Å². The molecule has 0 atom stereocenters. The Balaban J connectivity index is 1.75. The van der Waals surface area contributed by atoms with E-state index in [1.54, 1.807) is 4.90 Å². The van der Waals surface area contributed by atoms with E-state index in [1.807, 2.05) is 11.8 Å². The minimum Gasteiger partial charge on any atom is -0.338 e. The van der Waals surface area contributed by atoms with Crippen LogP contribution in [0.2, 0.25) is 0 Å². The maximum atomic E-state index is 12.9. The molecule has 25 heavy (non-hydrogen) atoms. The Kier molecular flexibility index (Phi) is 6.88. The summed E-state index contributed by atoms with van der Waals surface area (Å²) in [6.07, 6.45) is 0.797. The molecule has 0 unspecified atom stereocenters. The number of nitrogens with one attached hydrogen (secondary N) is 2. The van der Waals surface area contributed by atoms with Gasteiger partial charge in [-0.3, -0.25) is 19.8 Å². The van der Waals surface area contributed by atoms with Crippen molar-refractivity contribution in [3.8, 4) is 0 Å². The predicted octanol–water partition coefficient (Wildman–Crippen LogP) is 0.819. The third kappa shape index (κ3) is 5.82. The highest BCUT2D eigenvalue weighted by Crippen LogP contribution is 2.09. The molecule has 2 rings (SSSR count). The van der Waals surface area contributed by atoms with E-state index in [9.17, 15) is 18.8 Å². The molecule has 7 nitrogen and oxygen atoms in total. The lowest BCUT2D eigenvalue weighted by molar-refractivity contribution is -0.121. The van der Waals surface area contributed by atoms with Crippen LogP contribution < -0.4 is 10.6 Å². The molecule has 0 spiro atoms. The van der Waals surface area contributed by atoms with Crippen LogP contribution in [0.25, 0.3) is 0 Å². The zero-order valence-corrected chi connectivity index (χ0v) is 14.3. The topological polar surface area (TPSA) is 81.8 Å². The van der Waals surface area contributed by atoms with Gasteiger partial charge in [0.05, 0.1) is 6.54 Å². The second-order valence-electron chi connectivity index (χ2n) is 5.88. The summed E-state index contributed by atoms with van der Waals surface area (Å²) >= 11 is 0. The molecule has 1 aliphatic heterocycles. The number of benzene rings is 1. The molecule has 0 radical (unpaired) electrons. The van der Waals surface area contributed by atoms with Crippen molar-refractivity contribution in [1.82, 2.24) is 20.4 Å². The lowest BCUT2D eigenvalue weighted by Crippen LogP contribution is -2.52. The van der Waals surface area contributed by atoms with Crippen molar-refractivity contribution >= 4 is 17.8 Å². The molecular formula is C17H23FN4O3. The fraction of sp³-hybridized carbons (Fsp3) is 0.471. The van der Waals surface area contributed by atoms with Gasteiger partial charge in [-0.25, -0.2) is 9.18 Å². The molecule has 0 aliphatic carbocycles. The first kappa shape index (κ1) is 18.9. The maximum absolute atomic E-state index is 12.9. The van der Waals surface area contributed by atoms with Crippen LogP contribution in [0.1, 0.15) is 23.7 Å². The zero-order valence-electron chi connectivity index (χ0n) is 14.3. The average Bonchev–Trinajstić information content (AvgIpc) is 2.60. The molecular weight excluding hydrogens is 327 g/mol. The van der Waals surface area contributed by atoms with Crippen molar-refractivity contribution < 1.29 is 18.8 Å². The Labute approximate surface area is 146 Å². The second-order valence-corrected chi connectivity index (χ2v) is 5.88. The van der Waals surface area contributed by atoms with E-state index in [0.29, 0.717) is 38.3 Å². The zero-order chi connectivity index (χ0) is 18.2. The molecule has 0 bridgehead atoms. The Morgan fingerprint density at radius 3 is 2.32 bits per heavy atom. The molecule has 4 amide bonds. The smallest absolute Gasteiger partial charge is 0.321 e. The molecule has 0 saturated carbocycles. The summed E-state index contributed by atoms with van der Waals surface area (Å²) in [6.45, 7) is 4.58. The van der Waals surface area contributed by atoms with Crippen molar-refractivity contribution in [3.63, 3.8) is 0 Å². The number of carbonyl (C=O) groups excluding carboxylic acids is 3. The number of halogens is 1. The van der Waals surface area contributed by atoms with E-state index >= 15 is 0 Å². The third-order valence-electron chi connectivity index (χ3n) is 3.91. The van der Waals surface area contributed by atoms with Crippen molar-refractivity contribution in [1.29, 1.82) is 0 Å². The van der Waals surface area contributed by atoms with Gasteiger partial charge < -0.3 is 10.2 Å². The monoisotopic (exact) mass is 350 g/mol. The van der Waals surface area contributed by atoms with Crippen LogP contribution >= 0.6 is 0 Å². The van der Waals surface area contributed by atoms with Crippen molar-refractivity contribution in [2.75, 3.05) is 39.3 Å². The molecule has 1 fully saturated rings. The second kappa shape index (κ2) is 9.12. The summed E-state index contributed by atoms with van der Waals surface area (Å²) < 4.78 is 12.9. The number of imide groups is 1. The van der Waals surface area contributed by atoms with Crippen molar-refractivity contribution in [2.24, 2.45) is 0 Å². The number of nitrogens with zero attached hydrogens (tertiary/aromatic N) is 2. The van der Waals surface area contributed by atoms with E-state index in [-0.39, 0.29) is 24.2 Å². The molecule has 136 valence electrons. The predicted molar refractivity (Wildman–Crippen MR) is 90.6 cm³/mol. The Hall–Kier alpha value is -2.48. The molecule has 8 heteroatoms. The van der Waals surface area contributed by atoms with Gasteiger partial charge in [0.25, 0.3) is 5.91 Å². The fourth-order valence-electron chi connectivity index (χ4n) is 2.54. The molecule has 0 aromatic heterocycles. The van der Waals surface area contributed by atoms with Gasteiger partial charge in [0.15, 0.2) is 0 Å². The molecule has 1 aliphatic rings. The minimum absolute atomic E-state index is 0.109. The summed E-state index contributed by atoms with van der Waals surface area (Å²) in [5.41, 5.74) is 0.445. The van der Waals surface area contributed by atoms with Gasteiger partial charge in [-0.2, -0.15) is 0 Å². The number of hydrogen-bond donors (Lipinski definition) is 2. The number of hydrogen-bond acceptors (Lipinski definition) is 4. The highest BCUT2D eigenvalue weighted by molar-refractivity contribution is 5.95. The normalized spacial score (nSPS) is 14.9. The van der Waals surface area contributed by atoms with Gasteiger partial charge in [-0.05, 0) is 30.7 Å². The number of urea groups is 1. The summed E-state index contributed by atoms with van der Waals surface area (Å²) in [4.78, 5) is 39.2. The first-order valence-electron chi connectivity index (χ1n) is 8.34. The minimum atomic E-state index is -0.489. The van der Waals surface area contributed by atoms with Gasteiger partial charge in [0, 0.05) is 38.3 Å². The van der Waals surface area contributed by atoms with Gasteiger partial charge in [0.1, 0.15) is 5.82 Å². The summed E-state index contributed by atoms with van der Waals surface area (Å²) in [5, 5.41) is 4.86. The van der Waals surface area contributed by atoms with Crippen LogP contribution in [0.4, 0.5) is 9.18 Å². The number of rotatable bonds is 5. The number of carbonyl (C=O) groups is 3. The van der Waals surface area contributed by atoms with E-state index in [2.05, 4.69) is 10.6 Å². The van der Waals surface area contributed by atoms with E-state index in [0.717, 1.165) is 6.42 Å². The van der Waals surface area contributed by atoms with E-state index < -0.39 is 6.03 Å². The van der Waals surface area contributed by atoms with Gasteiger partial charge in [-0.1, -0.05) is 6.92 Å². The highest BCUT2D eigenvalue weighted by Gasteiger charge is 2.23. The van der Waals surface area contributed by atoms with Crippen LogP contribution in [0.5, 0.6) is 0 Å². The lowest BCUT2D eigenvalue weighted by Gasteiger charge is -2.34. The molecule has 1 aromatic carbocycles. The maximum Gasteiger partial charge on any atom is 0.321 e. The summed E-state index contributed by atoms with van der Waals surface area (Å²) in [7, 11) is 0. The van der Waals surface area contributed by atoms with E-state index in [4.69, 9.17) is 0 Å². The van der Waals surface area contributed by atoms with Gasteiger partial charge in [-0.15, -0.1) is 0 Å². The third-order valence-corrected chi connectivity index (χ3v) is 3.91. The first-order chi connectivity index (χ1) is 12.0. The first-order valence-corrected chi connectivity index (χ1v) is 8.34. The largest absolute Gasteiger partial charge is 0.338 e. The standard InChI is InChI=1S/C17H23FN4O3/c1-2-7-19-17(25)20-15(23)12-21-8-10-22(11-9-21)16(24)13-3-5-14(18)6-4-13/h3-6H,2,7-12H2,1H3,(H2,19,20,23,25). The van der Waals surface area contributed by atoms with Gasteiger partial charge >= 0.3 is 6.03 Å². The number of amides is 4. The van der Waals surface area contributed by atoms with Crippen LogP contribution in [0.15, 0.2) is 24.3 Å². The average molecular weight is 350 g/mol. The molecule has 2 N–H and O–H groups in total. The van der Waals surface area contributed by atoms with Crippen LogP contribution in [-0.4, -0.2) is 66.9 Å². The fourth-order valence-corrected chi connectivity index (χ4v) is 2.54. The highest BCUT2D eigenvalue weighted by atomic mass is 19.1. The Morgan fingerprint density at radius 2 is 1.72 bits per heavy atom. The summed E-state index contributed by atoms with van der Waals surface area (Å²) in [6, 6.07) is 4.96. The Bertz CT molecular complexity index is 613. The van der Waals surface area contributed by atoms with Gasteiger partial charge in [0.2, 0.25) is 5.91 Å². The molecule has 1 aromatic rings. The van der Waals surface area contributed by atoms with E-state index in [1.165, 1.54) is 24.3 Å². The van der Waals surface area contributed by atoms with Crippen LogP contribution in [0.3, 0.4) is 0 Å². The lowest BCUT2D eigenvalue weighted by atomic mass is 10.2. The molecule has 1 saturated heterocycles. The summed E-state index contributed by atoms with van der Waals surface area (Å²) in [5.74, 6) is -0.898. The SMILES string of the molecule is CCCNC(=O)NC(=O)CN1CCN(C(=O)c2ccc(F)cc2)CC1. The van der Waals surface area contributed by atoms with Crippen LogP contribution in [-0.2, 0) is 4.79 Å². The number of piperazine rings is 1. The quantitative estimate of drug-likeness (QED) is 0.824. The Morgan fingerprint density at radius 1 is 1.08 bits per heavy atom. The van der Waals surface area contributed by atoms with Crippen molar-refractivity contribution in [3.05, 3.63) is 35.6 Å².